The Hall–Kier alpha value is -1.10. The highest BCUT2D eigenvalue weighted by atomic mass is 16.2. The lowest BCUT2D eigenvalue weighted by molar-refractivity contribution is -0.132. The highest BCUT2D eigenvalue weighted by molar-refractivity contribution is 5.76. The molecule has 19 heavy (non-hydrogen) atoms. The van der Waals surface area contributed by atoms with Gasteiger partial charge in [0.25, 0.3) is 0 Å². The molecule has 1 atom stereocenters. The van der Waals surface area contributed by atoms with Gasteiger partial charge in [-0.25, -0.2) is 0 Å². The lowest BCUT2D eigenvalue weighted by Crippen LogP contribution is -2.36. The van der Waals surface area contributed by atoms with Crippen molar-refractivity contribution in [3.8, 4) is 0 Å². The van der Waals surface area contributed by atoms with Gasteiger partial charge in [0, 0.05) is 39.5 Å². The first-order chi connectivity index (χ1) is 9.04. The number of nitrogens with zero attached hydrogens (tertiary/aromatic N) is 2. The van der Waals surface area contributed by atoms with Gasteiger partial charge in [-0.2, -0.15) is 0 Å². The van der Waals surface area contributed by atoms with E-state index in [0.717, 1.165) is 32.4 Å². The molecule has 1 heterocycles. The number of carbonyl (C=O) groups is 2. The quantitative estimate of drug-likeness (QED) is 0.804. The minimum absolute atomic E-state index is 0.103. The van der Waals surface area contributed by atoms with Crippen LogP contribution in [0.4, 0.5) is 0 Å². The molecule has 1 aliphatic rings. The first kappa shape index (κ1) is 16.0. The summed E-state index contributed by atoms with van der Waals surface area (Å²) in [4.78, 5) is 27.2. The highest BCUT2D eigenvalue weighted by Gasteiger charge is 2.20. The van der Waals surface area contributed by atoms with Crippen LogP contribution in [-0.2, 0) is 9.59 Å². The smallest absolute Gasteiger partial charge is 0.222 e. The molecule has 0 aromatic heterocycles. The van der Waals surface area contributed by atoms with Crippen LogP contribution in [0.5, 0.6) is 0 Å². The summed E-state index contributed by atoms with van der Waals surface area (Å²) in [7, 11) is 0. The molecule has 0 radical (unpaired) electrons. The average molecular weight is 269 g/mol. The van der Waals surface area contributed by atoms with Gasteiger partial charge in [-0.15, -0.1) is 0 Å². The Kier molecular flexibility index (Phi) is 6.84. The molecule has 0 bridgehead atoms. The van der Waals surface area contributed by atoms with Crippen molar-refractivity contribution in [3.05, 3.63) is 0 Å². The van der Waals surface area contributed by atoms with E-state index in [4.69, 9.17) is 5.73 Å². The monoisotopic (exact) mass is 269 g/mol. The third-order valence-corrected chi connectivity index (χ3v) is 3.80. The van der Waals surface area contributed by atoms with Crippen LogP contribution < -0.4 is 5.73 Å². The maximum Gasteiger partial charge on any atom is 0.222 e. The molecule has 0 spiro atoms. The van der Waals surface area contributed by atoms with Gasteiger partial charge in [-0.3, -0.25) is 9.59 Å². The first-order valence-corrected chi connectivity index (χ1v) is 7.28. The second-order valence-corrected chi connectivity index (χ2v) is 5.46. The summed E-state index contributed by atoms with van der Waals surface area (Å²) in [5, 5.41) is 0. The van der Waals surface area contributed by atoms with Gasteiger partial charge in [-0.1, -0.05) is 6.92 Å². The molecule has 0 saturated carbocycles. The molecule has 2 N–H and O–H groups in total. The maximum atomic E-state index is 12.1. The number of hydrogen-bond donors (Lipinski definition) is 1. The topological polar surface area (TPSA) is 66.6 Å². The van der Waals surface area contributed by atoms with E-state index < -0.39 is 0 Å². The third-order valence-electron chi connectivity index (χ3n) is 3.80. The summed E-state index contributed by atoms with van der Waals surface area (Å²) in [5.41, 5.74) is 5.51. The Balaban J connectivity index is 2.34. The van der Waals surface area contributed by atoms with Crippen LogP contribution in [-0.4, -0.2) is 54.3 Å². The third kappa shape index (κ3) is 5.59. The molecule has 0 aromatic carbocycles. The highest BCUT2D eigenvalue weighted by Crippen LogP contribution is 2.12. The van der Waals surface area contributed by atoms with E-state index in [0.29, 0.717) is 32.0 Å². The Labute approximate surface area is 116 Å². The zero-order valence-corrected chi connectivity index (χ0v) is 12.2. The molecule has 110 valence electrons. The number of rotatable bonds is 5. The van der Waals surface area contributed by atoms with Crippen LogP contribution in [0.25, 0.3) is 0 Å². The van der Waals surface area contributed by atoms with E-state index >= 15 is 0 Å². The minimum atomic E-state index is 0.103. The van der Waals surface area contributed by atoms with Crippen LogP contribution in [0.3, 0.4) is 0 Å². The van der Waals surface area contributed by atoms with Crippen molar-refractivity contribution in [2.24, 2.45) is 11.7 Å². The second kappa shape index (κ2) is 8.15. The summed E-state index contributed by atoms with van der Waals surface area (Å²) in [6, 6.07) is 0. The van der Waals surface area contributed by atoms with E-state index in [9.17, 15) is 9.59 Å². The summed E-state index contributed by atoms with van der Waals surface area (Å²) in [6.45, 7) is 7.29. The van der Waals surface area contributed by atoms with Gasteiger partial charge >= 0.3 is 0 Å². The molecule has 0 aliphatic carbocycles. The van der Waals surface area contributed by atoms with Crippen LogP contribution in [0.1, 0.15) is 39.5 Å². The molecule has 1 aliphatic heterocycles. The Morgan fingerprint density at radius 2 is 1.74 bits per heavy atom. The summed E-state index contributed by atoms with van der Waals surface area (Å²) >= 11 is 0. The molecule has 1 rings (SSSR count). The molecule has 1 saturated heterocycles. The molecule has 0 aromatic rings. The molecular formula is C14H27N3O2. The van der Waals surface area contributed by atoms with Crippen molar-refractivity contribution in [2.45, 2.75) is 39.5 Å². The van der Waals surface area contributed by atoms with Gasteiger partial charge in [-0.05, 0) is 31.7 Å². The lowest BCUT2D eigenvalue weighted by Gasteiger charge is -2.22. The van der Waals surface area contributed by atoms with Crippen LogP contribution in [0, 0.1) is 5.92 Å². The number of hydrogen-bond acceptors (Lipinski definition) is 3. The van der Waals surface area contributed by atoms with Gasteiger partial charge in [0.2, 0.25) is 11.8 Å². The van der Waals surface area contributed by atoms with Gasteiger partial charge in [0.05, 0.1) is 0 Å². The van der Waals surface area contributed by atoms with Crippen LogP contribution >= 0.6 is 0 Å². The Morgan fingerprint density at radius 3 is 2.37 bits per heavy atom. The molecule has 5 nitrogen and oxygen atoms in total. The fourth-order valence-corrected chi connectivity index (χ4v) is 2.44. The lowest BCUT2D eigenvalue weighted by atomic mass is 10.0. The Bertz CT molecular complexity index is 307. The number of carbonyl (C=O) groups excluding carboxylic acids is 2. The molecule has 5 heteroatoms. The van der Waals surface area contributed by atoms with E-state index in [1.807, 2.05) is 9.80 Å². The van der Waals surface area contributed by atoms with Crippen molar-refractivity contribution in [1.29, 1.82) is 0 Å². The van der Waals surface area contributed by atoms with Crippen LogP contribution in [0.15, 0.2) is 0 Å². The van der Waals surface area contributed by atoms with Gasteiger partial charge < -0.3 is 15.5 Å². The van der Waals surface area contributed by atoms with E-state index in [2.05, 4.69) is 6.92 Å². The molecule has 1 fully saturated rings. The van der Waals surface area contributed by atoms with Gasteiger partial charge in [0.1, 0.15) is 0 Å². The zero-order valence-electron chi connectivity index (χ0n) is 12.2. The van der Waals surface area contributed by atoms with Crippen molar-refractivity contribution in [1.82, 2.24) is 9.80 Å². The molecular weight excluding hydrogens is 242 g/mol. The van der Waals surface area contributed by atoms with Gasteiger partial charge in [0.15, 0.2) is 0 Å². The average Bonchev–Trinajstić information content (AvgIpc) is 2.62. The van der Waals surface area contributed by atoms with E-state index in [1.54, 1.807) is 6.92 Å². The summed E-state index contributed by atoms with van der Waals surface area (Å²) < 4.78 is 0. The van der Waals surface area contributed by atoms with Crippen molar-refractivity contribution >= 4 is 11.8 Å². The summed E-state index contributed by atoms with van der Waals surface area (Å²) in [6.07, 6.45) is 3.36. The minimum Gasteiger partial charge on any atom is -0.341 e. The summed E-state index contributed by atoms with van der Waals surface area (Å²) in [5.74, 6) is 0.829. The number of nitrogens with two attached hydrogens (primary N) is 1. The van der Waals surface area contributed by atoms with Crippen molar-refractivity contribution in [2.75, 3.05) is 32.7 Å². The fraction of sp³-hybridized carbons (Fsp3) is 0.857. The van der Waals surface area contributed by atoms with Crippen molar-refractivity contribution < 1.29 is 9.59 Å². The number of amides is 2. The zero-order chi connectivity index (χ0) is 14.3. The largest absolute Gasteiger partial charge is 0.341 e. The van der Waals surface area contributed by atoms with Crippen LogP contribution in [0.2, 0.25) is 0 Å². The standard InChI is InChI=1S/C14H27N3O2/c1-12(6-7-15)4-5-14(19)17-9-3-8-16(10-11-17)13(2)18/h12H,3-11,15H2,1-2H3. The predicted molar refractivity (Wildman–Crippen MR) is 75.5 cm³/mol. The fourth-order valence-electron chi connectivity index (χ4n) is 2.44. The maximum absolute atomic E-state index is 12.1. The second-order valence-electron chi connectivity index (χ2n) is 5.46. The predicted octanol–water partition coefficient (Wildman–Crippen LogP) is 0.832. The molecule has 1 unspecified atom stereocenters. The van der Waals surface area contributed by atoms with E-state index in [-0.39, 0.29) is 11.8 Å². The normalized spacial score (nSPS) is 18.1. The molecule has 2 amide bonds. The van der Waals surface area contributed by atoms with Crippen molar-refractivity contribution in [3.63, 3.8) is 0 Å². The Morgan fingerprint density at radius 1 is 1.11 bits per heavy atom. The first-order valence-electron chi connectivity index (χ1n) is 7.28. The SMILES string of the molecule is CC(=O)N1CCCN(C(=O)CCC(C)CCN)CC1. The van der Waals surface area contributed by atoms with E-state index in [1.165, 1.54) is 0 Å².